The minimum Gasteiger partial charge on any atom is -0.345 e. The fourth-order valence-electron chi connectivity index (χ4n) is 6.20. The number of benzene rings is 1. The molecule has 1 aromatic carbocycles. The van der Waals surface area contributed by atoms with Gasteiger partial charge in [-0.25, -0.2) is 0 Å². The Morgan fingerprint density at radius 2 is 1.80 bits per heavy atom. The summed E-state index contributed by atoms with van der Waals surface area (Å²) in [6.45, 7) is 16.0. The summed E-state index contributed by atoms with van der Waals surface area (Å²) in [6.07, 6.45) is 7.37. The molecule has 1 aliphatic heterocycles. The number of carbonyl (C=O) groups is 2. The van der Waals surface area contributed by atoms with E-state index in [1.807, 2.05) is 24.3 Å². The Kier molecular flexibility index (Phi) is 8.80. The molecule has 2 aliphatic rings. The number of nitrogens with one attached hydrogen (secondary N) is 2. The average Bonchev–Trinajstić information content (AvgIpc) is 3.50. The molecule has 9 nitrogen and oxygen atoms in total. The van der Waals surface area contributed by atoms with Crippen LogP contribution in [0.3, 0.4) is 0 Å². The maximum absolute atomic E-state index is 14.1. The van der Waals surface area contributed by atoms with Crippen LogP contribution in [0.1, 0.15) is 128 Å². The largest absolute Gasteiger partial charge is 0.345 e. The first-order valence-corrected chi connectivity index (χ1v) is 14.9. The highest BCUT2D eigenvalue weighted by Gasteiger charge is 2.52. The summed E-state index contributed by atoms with van der Waals surface area (Å²) in [7, 11) is 0. The van der Waals surface area contributed by atoms with E-state index in [0.29, 0.717) is 23.7 Å². The number of aromatic amines is 1. The quantitative estimate of drug-likeness (QED) is 0.397. The summed E-state index contributed by atoms with van der Waals surface area (Å²) < 4.78 is 0. The molecule has 2 aromatic rings. The van der Waals surface area contributed by atoms with Gasteiger partial charge in [-0.2, -0.15) is 5.21 Å². The maximum atomic E-state index is 14.1. The van der Waals surface area contributed by atoms with Crippen molar-refractivity contribution >= 4 is 17.5 Å². The number of carbonyl (C=O) groups excluding carboxylic acids is 2. The monoisotopic (exact) mass is 549 g/mol. The number of rotatable bonds is 9. The van der Waals surface area contributed by atoms with Gasteiger partial charge in [0, 0.05) is 5.56 Å². The molecule has 1 atom stereocenters. The van der Waals surface area contributed by atoms with E-state index in [1.54, 1.807) is 0 Å². The Balaban J connectivity index is 1.62. The van der Waals surface area contributed by atoms with Crippen LogP contribution in [-0.2, 0) is 11.3 Å². The zero-order valence-electron chi connectivity index (χ0n) is 25.4. The van der Waals surface area contributed by atoms with Gasteiger partial charge < -0.3 is 10.2 Å². The van der Waals surface area contributed by atoms with Crippen molar-refractivity contribution in [2.45, 2.75) is 118 Å². The van der Waals surface area contributed by atoms with Crippen molar-refractivity contribution in [2.24, 2.45) is 21.7 Å². The lowest BCUT2D eigenvalue weighted by molar-refractivity contribution is -0.134. The zero-order valence-corrected chi connectivity index (χ0v) is 25.4. The SMILES string of the molecule is CCCC1=NC2(CCC(C(C)(C)C)CC2)N([C@H](CCC(C)(C)C)c2ccc(C(=O)NCc3nn[nH]n3)cc2)C1=O. The lowest BCUT2D eigenvalue weighted by atomic mass is 9.69. The Morgan fingerprint density at radius 1 is 1.12 bits per heavy atom. The van der Waals surface area contributed by atoms with Crippen molar-refractivity contribution in [2.75, 3.05) is 0 Å². The van der Waals surface area contributed by atoms with E-state index in [-0.39, 0.29) is 35.2 Å². The summed E-state index contributed by atoms with van der Waals surface area (Å²) in [4.78, 5) is 34.2. The van der Waals surface area contributed by atoms with Gasteiger partial charge in [-0.1, -0.05) is 72.2 Å². The summed E-state index contributed by atoms with van der Waals surface area (Å²) in [5, 5.41) is 16.5. The number of aliphatic imine (C=N–C) groups is 1. The molecule has 0 bridgehead atoms. The third-order valence-electron chi connectivity index (χ3n) is 8.59. The van der Waals surface area contributed by atoms with Crippen molar-refractivity contribution in [1.29, 1.82) is 0 Å². The van der Waals surface area contributed by atoms with E-state index in [2.05, 4.69) is 79.3 Å². The number of nitrogens with zero attached hydrogens (tertiary/aromatic N) is 5. The number of hydrogen-bond acceptors (Lipinski definition) is 6. The van der Waals surface area contributed by atoms with Gasteiger partial charge in [-0.15, -0.1) is 10.2 Å². The Hall–Kier alpha value is -3.10. The highest BCUT2D eigenvalue weighted by Crippen LogP contribution is 2.50. The fraction of sp³-hybridized carbons (Fsp3) is 0.677. The summed E-state index contributed by atoms with van der Waals surface area (Å²) in [6, 6.07) is 7.62. The van der Waals surface area contributed by atoms with Gasteiger partial charge in [0.1, 0.15) is 11.4 Å². The van der Waals surface area contributed by atoms with Crippen molar-refractivity contribution in [1.82, 2.24) is 30.8 Å². The molecular weight excluding hydrogens is 502 g/mol. The third-order valence-corrected chi connectivity index (χ3v) is 8.59. The third kappa shape index (κ3) is 6.78. The molecule has 1 fully saturated rings. The molecule has 1 aliphatic carbocycles. The molecule has 1 saturated carbocycles. The summed E-state index contributed by atoms with van der Waals surface area (Å²) in [5.41, 5.74) is 2.23. The maximum Gasteiger partial charge on any atom is 0.270 e. The Labute approximate surface area is 239 Å². The smallest absolute Gasteiger partial charge is 0.270 e. The second-order valence-corrected chi connectivity index (χ2v) is 13.9. The van der Waals surface area contributed by atoms with E-state index >= 15 is 0 Å². The van der Waals surface area contributed by atoms with Crippen LogP contribution in [0.4, 0.5) is 0 Å². The average molecular weight is 550 g/mol. The number of hydrogen-bond donors (Lipinski definition) is 2. The first-order chi connectivity index (χ1) is 18.8. The number of H-pyrrole nitrogens is 1. The first kappa shape index (κ1) is 29.9. The Morgan fingerprint density at radius 3 is 2.35 bits per heavy atom. The van der Waals surface area contributed by atoms with Crippen molar-refractivity contribution < 1.29 is 9.59 Å². The molecule has 2 amide bonds. The van der Waals surface area contributed by atoms with Crippen LogP contribution < -0.4 is 5.32 Å². The van der Waals surface area contributed by atoms with Gasteiger partial charge in [0.2, 0.25) is 0 Å². The van der Waals surface area contributed by atoms with Crippen LogP contribution in [0.15, 0.2) is 29.3 Å². The highest BCUT2D eigenvalue weighted by atomic mass is 16.2. The summed E-state index contributed by atoms with van der Waals surface area (Å²) in [5.74, 6) is 0.940. The standard InChI is InChI=1S/C31H47N7O2/c1-8-9-24-28(40)38(31(33-24)18-14-23(15-19-31)30(5,6)7)25(16-17-29(2,3)4)21-10-12-22(13-11-21)27(39)32-20-26-34-36-37-35-26/h10-13,23,25H,8-9,14-20H2,1-7H3,(H,32,39)(H,34,35,36,37)/t23?,25-,31?/m1/s1. The van der Waals surface area contributed by atoms with Gasteiger partial charge in [0.25, 0.3) is 11.8 Å². The number of tetrazole rings is 1. The molecule has 1 aromatic heterocycles. The lowest BCUT2D eigenvalue weighted by Crippen LogP contribution is -2.51. The van der Waals surface area contributed by atoms with Gasteiger partial charge in [0.15, 0.2) is 5.82 Å². The van der Waals surface area contributed by atoms with E-state index in [1.165, 1.54) is 0 Å². The van der Waals surface area contributed by atoms with E-state index < -0.39 is 5.66 Å². The minimum absolute atomic E-state index is 0.0944. The van der Waals surface area contributed by atoms with Gasteiger partial charge in [-0.3, -0.25) is 14.6 Å². The van der Waals surface area contributed by atoms with Crippen molar-refractivity contribution in [3.8, 4) is 0 Å². The fourth-order valence-corrected chi connectivity index (χ4v) is 6.20. The van der Waals surface area contributed by atoms with E-state index in [9.17, 15) is 9.59 Å². The van der Waals surface area contributed by atoms with Crippen LogP contribution in [0.2, 0.25) is 0 Å². The molecule has 1 spiro atoms. The minimum atomic E-state index is -0.480. The van der Waals surface area contributed by atoms with Gasteiger partial charge >= 0.3 is 0 Å². The molecule has 0 radical (unpaired) electrons. The summed E-state index contributed by atoms with van der Waals surface area (Å²) >= 11 is 0. The predicted molar refractivity (Wildman–Crippen MR) is 157 cm³/mol. The second kappa shape index (κ2) is 11.8. The molecule has 2 heterocycles. The first-order valence-electron chi connectivity index (χ1n) is 14.9. The van der Waals surface area contributed by atoms with E-state index in [4.69, 9.17) is 4.99 Å². The molecule has 218 valence electrons. The molecule has 40 heavy (non-hydrogen) atoms. The number of aromatic nitrogens is 4. The normalized spacial score (nSPS) is 22.5. The van der Waals surface area contributed by atoms with Crippen molar-refractivity contribution in [3.63, 3.8) is 0 Å². The molecule has 0 unspecified atom stereocenters. The zero-order chi connectivity index (χ0) is 29.1. The molecule has 0 saturated heterocycles. The van der Waals surface area contributed by atoms with E-state index in [0.717, 1.165) is 56.2 Å². The highest BCUT2D eigenvalue weighted by molar-refractivity contribution is 6.40. The second-order valence-electron chi connectivity index (χ2n) is 13.9. The van der Waals surface area contributed by atoms with Gasteiger partial charge in [-0.05, 0) is 79.4 Å². The lowest BCUT2D eigenvalue weighted by Gasteiger charge is -2.48. The Bertz CT molecular complexity index is 1180. The molecule has 9 heteroatoms. The van der Waals surface area contributed by atoms with Crippen LogP contribution in [0, 0.1) is 16.7 Å². The predicted octanol–water partition coefficient (Wildman–Crippen LogP) is 6.01. The van der Waals surface area contributed by atoms with Crippen LogP contribution >= 0.6 is 0 Å². The van der Waals surface area contributed by atoms with Gasteiger partial charge in [0.05, 0.1) is 12.6 Å². The molecular formula is C31H47N7O2. The number of amides is 2. The molecule has 2 N–H and O–H groups in total. The van der Waals surface area contributed by atoms with Crippen molar-refractivity contribution in [3.05, 3.63) is 41.2 Å². The topological polar surface area (TPSA) is 116 Å². The van der Waals surface area contributed by atoms with Crippen LogP contribution in [0.25, 0.3) is 0 Å². The van der Waals surface area contributed by atoms with Crippen LogP contribution in [0.5, 0.6) is 0 Å². The van der Waals surface area contributed by atoms with Crippen LogP contribution in [-0.4, -0.2) is 48.7 Å². The molecule has 4 rings (SSSR count).